The molecule has 1 amide bonds. The highest BCUT2D eigenvalue weighted by Crippen LogP contribution is 2.22. The third-order valence-electron chi connectivity index (χ3n) is 6.36. The molecule has 0 unspecified atom stereocenters. The number of aromatic hydroxyl groups is 1. The van der Waals surface area contributed by atoms with E-state index in [1.54, 1.807) is 5.01 Å². The number of nitrogens with zero attached hydrogens (tertiary/aromatic N) is 4. The van der Waals surface area contributed by atoms with Crippen molar-refractivity contribution in [2.45, 2.75) is 26.7 Å². The summed E-state index contributed by atoms with van der Waals surface area (Å²) in [5, 5.41) is 12.5. The SMILES string of the molecule is CCN(CC)CCN1CN(CCOC)C(=O)c2c(O)c(=O)c(C(=O)CCc3ccc(F)cc3F)cn21. The van der Waals surface area contributed by atoms with Crippen LogP contribution in [0.2, 0.25) is 0 Å². The predicted octanol–water partition coefficient (Wildman–Crippen LogP) is 1.99. The van der Waals surface area contributed by atoms with Crippen LogP contribution in [0.4, 0.5) is 8.78 Å². The van der Waals surface area contributed by atoms with Gasteiger partial charge >= 0.3 is 0 Å². The number of halogens is 2. The van der Waals surface area contributed by atoms with E-state index in [4.69, 9.17) is 4.74 Å². The third-order valence-corrected chi connectivity index (χ3v) is 6.36. The summed E-state index contributed by atoms with van der Waals surface area (Å²) < 4.78 is 33.6. The van der Waals surface area contributed by atoms with Crippen LogP contribution in [0.15, 0.2) is 29.2 Å². The first-order valence-corrected chi connectivity index (χ1v) is 11.9. The summed E-state index contributed by atoms with van der Waals surface area (Å²) in [6, 6.07) is 3.07. The molecule has 0 fully saturated rings. The Hall–Kier alpha value is -3.31. The van der Waals surface area contributed by atoms with E-state index < -0.39 is 34.5 Å². The van der Waals surface area contributed by atoms with Gasteiger partial charge in [-0.05, 0) is 31.1 Å². The number of aromatic nitrogens is 1. The number of hydrogen-bond donors (Lipinski definition) is 1. The lowest BCUT2D eigenvalue weighted by atomic mass is 10.0. The van der Waals surface area contributed by atoms with Crippen molar-refractivity contribution in [2.24, 2.45) is 0 Å². The lowest BCUT2D eigenvalue weighted by molar-refractivity contribution is 0.0619. The van der Waals surface area contributed by atoms with Crippen molar-refractivity contribution in [3.05, 3.63) is 63.1 Å². The van der Waals surface area contributed by atoms with Gasteiger partial charge in [0.2, 0.25) is 5.43 Å². The first-order valence-electron chi connectivity index (χ1n) is 11.9. The maximum Gasteiger partial charge on any atom is 0.277 e. The second-order valence-electron chi connectivity index (χ2n) is 8.53. The molecule has 1 N–H and O–H groups in total. The van der Waals surface area contributed by atoms with Gasteiger partial charge in [-0.3, -0.25) is 24.1 Å². The highest BCUT2D eigenvalue weighted by Gasteiger charge is 2.34. The van der Waals surface area contributed by atoms with Crippen molar-refractivity contribution in [3.63, 3.8) is 0 Å². The number of amides is 1. The van der Waals surface area contributed by atoms with Gasteiger partial charge in [-0.1, -0.05) is 19.9 Å². The lowest BCUT2D eigenvalue weighted by Gasteiger charge is -2.40. The Bertz CT molecular complexity index is 1170. The fourth-order valence-electron chi connectivity index (χ4n) is 4.15. The van der Waals surface area contributed by atoms with Gasteiger partial charge in [-0.15, -0.1) is 0 Å². The van der Waals surface area contributed by atoms with Gasteiger partial charge < -0.3 is 19.6 Å². The van der Waals surface area contributed by atoms with Gasteiger partial charge in [0.15, 0.2) is 17.2 Å². The average Bonchev–Trinajstić information content (AvgIpc) is 2.86. The highest BCUT2D eigenvalue weighted by atomic mass is 19.1. The molecular formula is C25H32F2N4O5. The number of hydrogen-bond acceptors (Lipinski definition) is 7. The Kier molecular flexibility index (Phi) is 9.16. The van der Waals surface area contributed by atoms with E-state index in [2.05, 4.69) is 4.90 Å². The second kappa shape index (κ2) is 12.1. The standard InChI is InChI=1S/C25H32F2N4O5/c1-4-28(5-2)10-11-30-16-29(12-13-36-3)25(35)22-24(34)23(33)19(15-31(22)30)21(32)9-7-17-6-8-18(26)14-20(17)27/h6,8,14-15,34H,4-5,7,9-13,16H2,1-3H3. The van der Waals surface area contributed by atoms with E-state index >= 15 is 0 Å². The van der Waals surface area contributed by atoms with Crippen molar-refractivity contribution < 1.29 is 28.2 Å². The van der Waals surface area contributed by atoms with Crippen molar-refractivity contribution >= 4 is 11.7 Å². The number of carbonyl (C=O) groups excluding carboxylic acids is 2. The number of rotatable bonds is 12. The largest absolute Gasteiger partial charge is 0.502 e. The molecule has 0 radical (unpaired) electrons. The number of likely N-dealkylation sites (N-methyl/N-ethyl adjacent to an activating group) is 1. The summed E-state index contributed by atoms with van der Waals surface area (Å²) >= 11 is 0. The van der Waals surface area contributed by atoms with Crippen LogP contribution in [-0.2, 0) is 11.2 Å². The van der Waals surface area contributed by atoms with Gasteiger partial charge in [0.05, 0.1) is 12.2 Å². The quantitative estimate of drug-likeness (QED) is 0.440. The molecule has 9 nitrogen and oxygen atoms in total. The number of methoxy groups -OCH3 is 1. The van der Waals surface area contributed by atoms with Crippen LogP contribution >= 0.6 is 0 Å². The van der Waals surface area contributed by atoms with Crippen LogP contribution in [0.25, 0.3) is 0 Å². The minimum atomic E-state index is -0.962. The van der Waals surface area contributed by atoms with Crippen molar-refractivity contribution in [1.29, 1.82) is 0 Å². The summed E-state index contributed by atoms with van der Waals surface area (Å²) in [7, 11) is 1.51. The normalized spacial score (nSPS) is 13.4. The molecule has 11 heteroatoms. The smallest absolute Gasteiger partial charge is 0.277 e. The second-order valence-corrected chi connectivity index (χ2v) is 8.53. The fourth-order valence-corrected chi connectivity index (χ4v) is 4.15. The predicted molar refractivity (Wildman–Crippen MR) is 130 cm³/mol. The highest BCUT2D eigenvalue weighted by molar-refractivity contribution is 6.00. The van der Waals surface area contributed by atoms with Crippen LogP contribution in [-0.4, -0.2) is 84.4 Å². The zero-order chi connectivity index (χ0) is 26.4. The van der Waals surface area contributed by atoms with Crippen LogP contribution in [0.1, 0.15) is 46.7 Å². The Morgan fingerprint density at radius 1 is 1.17 bits per heavy atom. The number of benzene rings is 1. The minimum absolute atomic E-state index is 0.0533. The van der Waals surface area contributed by atoms with Crippen LogP contribution in [0.5, 0.6) is 5.75 Å². The van der Waals surface area contributed by atoms with E-state index in [9.17, 15) is 28.3 Å². The Labute approximate surface area is 208 Å². The minimum Gasteiger partial charge on any atom is -0.502 e. The number of aryl methyl sites for hydroxylation is 1. The Balaban J connectivity index is 1.94. The third kappa shape index (κ3) is 5.90. The summed E-state index contributed by atoms with van der Waals surface area (Å²) in [6.45, 7) is 7.53. The molecule has 1 aliphatic heterocycles. The Morgan fingerprint density at radius 2 is 1.89 bits per heavy atom. The maximum absolute atomic E-state index is 14.0. The van der Waals surface area contributed by atoms with Crippen molar-refractivity contribution in [3.8, 4) is 5.75 Å². The first kappa shape index (κ1) is 27.3. The van der Waals surface area contributed by atoms with Gasteiger partial charge in [0.25, 0.3) is 5.91 Å². The molecule has 2 heterocycles. The molecule has 36 heavy (non-hydrogen) atoms. The Morgan fingerprint density at radius 3 is 2.53 bits per heavy atom. The molecule has 1 aromatic carbocycles. The van der Waals surface area contributed by atoms with Crippen molar-refractivity contribution in [1.82, 2.24) is 14.5 Å². The molecule has 196 valence electrons. The number of Topliss-reactive ketones (excluding diaryl/α,β-unsaturated/α-hetero) is 1. The number of pyridine rings is 1. The molecule has 0 spiro atoms. The monoisotopic (exact) mass is 506 g/mol. The maximum atomic E-state index is 14.0. The topological polar surface area (TPSA) is 95.3 Å². The van der Waals surface area contributed by atoms with E-state index in [1.165, 1.54) is 28.9 Å². The number of ether oxygens (including phenoxy) is 1. The number of ketones is 1. The molecule has 0 atom stereocenters. The van der Waals surface area contributed by atoms with E-state index in [0.29, 0.717) is 13.1 Å². The molecule has 1 aromatic heterocycles. The van der Waals surface area contributed by atoms with Crippen LogP contribution in [0, 0.1) is 11.6 Å². The van der Waals surface area contributed by atoms with E-state index in [1.807, 2.05) is 13.8 Å². The molecular weight excluding hydrogens is 474 g/mol. The van der Waals surface area contributed by atoms with E-state index in [0.717, 1.165) is 25.2 Å². The molecule has 0 aliphatic carbocycles. The summed E-state index contributed by atoms with van der Waals surface area (Å²) in [6.07, 6.45) is 0.987. The summed E-state index contributed by atoms with van der Waals surface area (Å²) in [5.74, 6) is -3.49. The summed E-state index contributed by atoms with van der Waals surface area (Å²) in [4.78, 5) is 42.6. The molecule has 0 saturated heterocycles. The number of fused-ring (bicyclic) bond motifs is 1. The van der Waals surface area contributed by atoms with Crippen LogP contribution < -0.4 is 10.4 Å². The number of carbonyl (C=O) groups is 2. The fraction of sp³-hybridized carbons (Fsp3) is 0.480. The molecule has 0 bridgehead atoms. The first-order chi connectivity index (χ1) is 17.2. The van der Waals surface area contributed by atoms with Gasteiger partial charge in [-0.2, -0.15) is 0 Å². The lowest BCUT2D eigenvalue weighted by Crippen LogP contribution is -2.56. The molecule has 1 aliphatic rings. The van der Waals surface area contributed by atoms with Crippen molar-refractivity contribution in [2.75, 3.05) is 58.1 Å². The molecule has 3 rings (SSSR count). The van der Waals surface area contributed by atoms with Gasteiger partial charge in [-0.25, -0.2) is 8.78 Å². The van der Waals surface area contributed by atoms with Gasteiger partial charge in [0, 0.05) is 45.4 Å². The zero-order valence-electron chi connectivity index (χ0n) is 20.8. The van der Waals surface area contributed by atoms with Crippen LogP contribution in [0.3, 0.4) is 0 Å². The molecule has 2 aromatic rings. The van der Waals surface area contributed by atoms with E-state index in [-0.39, 0.29) is 49.5 Å². The summed E-state index contributed by atoms with van der Waals surface area (Å²) in [5.41, 5.74) is -1.35. The van der Waals surface area contributed by atoms with Gasteiger partial charge in [0.1, 0.15) is 18.3 Å². The average molecular weight is 507 g/mol. The zero-order valence-corrected chi connectivity index (χ0v) is 20.8. The molecule has 0 saturated carbocycles.